The SMILES string of the molecule is CC/C=C\C/C=C\C/C=C\C/C=C\C/C=C\CCCCCC(=O)OC(COC(=O)CCCCCCC/C=C\C/C=C\CCCC)COC(=O)CCCCCCCCCCCCCCCCC/C=C\C/C=C\CCCCCCC. The van der Waals surface area contributed by atoms with E-state index in [2.05, 4.69) is 130 Å². The Balaban J connectivity index is 4.34. The van der Waals surface area contributed by atoms with Gasteiger partial charge in [-0.25, -0.2) is 0 Å². The molecule has 1 atom stereocenters. The number of rotatable bonds is 59. The molecule has 0 N–H and O–H groups in total. The van der Waals surface area contributed by atoms with E-state index in [-0.39, 0.29) is 37.5 Å². The molecule has 0 spiro atoms. The van der Waals surface area contributed by atoms with Gasteiger partial charge in [0, 0.05) is 19.3 Å². The van der Waals surface area contributed by atoms with Crippen LogP contribution in [0.25, 0.3) is 0 Å². The first-order chi connectivity index (χ1) is 38.5. The van der Waals surface area contributed by atoms with Gasteiger partial charge in [0.05, 0.1) is 0 Å². The highest BCUT2D eigenvalue weighted by Crippen LogP contribution is 2.16. The van der Waals surface area contributed by atoms with Crippen LogP contribution in [0.3, 0.4) is 0 Å². The highest BCUT2D eigenvalue weighted by Gasteiger charge is 2.19. The quantitative estimate of drug-likeness (QED) is 0.0261. The molecule has 0 radical (unpaired) electrons. The van der Waals surface area contributed by atoms with Gasteiger partial charge in [-0.05, 0) is 122 Å². The fraction of sp³-hybridized carbons (Fsp3) is 0.708. The first-order valence-electron chi connectivity index (χ1n) is 32.9. The molecule has 0 aliphatic carbocycles. The van der Waals surface area contributed by atoms with E-state index in [0.717, 1.165) is 128 Å². The van der Waals surface area contributed by atoms with Gasteiger partial charge in [0.2, 0.25) is 0 Å². The number of carbonyl (C=O) groups is 3. The molecule has 78 heavy (non-hydrogen) atoms. The van der Waals surface area contributed by atoms with Gasteiger partial charge < -0.3 is 14.2 Å². The summed E-state index contributed by atoms with van der Waals surface area (Å²) in [5, 5.41) is 0. The minimum atomic E-state index is -0.804. The number of hydrogen-bond acceptors (Lipinski definition) is 6. The first kappa shape index (κ1) is 74.1. The summed E-state index contributed by atoms with van der Waals surface area (Å²) in [7, 11) is 0. The second-order valence-corrected chi connectivity index (χ2v) is 21.6. The summed E-state index contributed by atoms with van der Waals surface area (Å²) in [5.74, 6) is -0.936. The van der Waals surface area contributed by atoms with E-state index in [1.165, 1.54) is 141 Å². The Hall–Kier alpha value is -3.93. The Kier molecular flexibility index (Phi) is 62.3. The van der Waals surface area contributed by atoms with Gasteiger partial charge in [-0.3, -0.25) is 14.4 Å². The summed E-state index contributed by atoms with van der Waals surface area (Å²) < 4.78 is 16.9. The zero-order valence-corrected chi connectivity index (χ0v) is 51.2. The van der Waals surface area contributed by atoms with Crippen LogP contribution in [0.2, 0.25) is 0 Å². The van der Waals surface area contributed by atoms with E-state index in [0.29, 0.717) is 12.8 Å². The average Bonchev–Trinajstić information content (AvgIpc) is 3.44. The maximum Gasteiger partial charge on any atom is 0.306 e. The van der Waals surface area contributed by atoms with Crippen LogP contribution in [0.4, 0.5) is 0 Å². The Morgan fingerprint density at radius 3 is 0.833 bits per heavy atom. The molecular weight excluding hydrogens is 961 g/mol. The molecule has 0 aliphatic rings. The topological polar surface area (TPSA) is 78.9 Å². The number of ether oxygens (including phenoxy) is 3. The van der Waals surface area contributed by atoms with Crippen LogP contribution in [0.15, 0.2) is 109 Å². The largest absolute Gasteiger partial charge is 0.462 e. The average molecular weight is 1080 g/mol. The minimum absolute atomic E-state index is 0.0961. The lowest BCUT2D eigenvalue weighted by molar-refractivity contribution is -0.167. The van der Waals surface area contributed by atoms with E-state index in [1.54, 1.807) is 0 Å². The Morgan fingerprint density at radius 2 is 0.513 bits per heavy atom. The summed E-state index contributed by atoms with van der Waals surface area (Å²) in [6, 6.07) is 0. The van der Waals surface area contributed by atoms with Crippen molar-refractivity contribution in [1.29, 1.82) is 0 Å². The van der Waals surface area contributed by atoms with Crippen LogP contribution < -0.4 is 0 Å². The molecule has 0 aromatic carbocycles. The Morgan fingerprint density at radius 1 is 0.269 bits per heavy atom. The standard InChI is InChI=1S/C72H122O6/c1-4-7-10-13-16-19-22-25-28-30-32-33-34-35-36-37-38-39-41-42-44-47-50-53-56-59-62-65-71(74)77-68-69(67-76-70(73)64-61-58-55-52-49-46-27-24-21-18-15-12-9-6-3)78-72(75)66-63-60-57-54-51-48-45-43-40-31-29-26-23-20-17-14-11-8-5-2/h8,11,15,17-18,20,22,24-27,29-30,32,40,43,48,51,69H,4-7,9-10,12-14,16,19,21,23,28,31,33-39,41-42,44-47,49-50,52-68H2,1-3H3/b11-8-,18-15-,20-17-,25-22-,27-24-,29-26-,32-30-,43-40-,51-48-. The number of esters is 3. The molecule has 0 aliphatic heterocycles. The van der Waals surface area contributed by atoms with Gasteiger partial charge in [-0.1, -0.05) is 278 Å². The minimum Gasteiger partial charge on any atom is -0.462 e. The molecule has 1 unspecified atom stereocenters. The lowest BCUT2D eigenvalue weighted by Gasteiger charge is -2.18. The van der Waals surface area contributed by atoms with Gasteiger partial charge in [0.25, 0.3) is 0 Å². The van der Waals surface area contributed by atoms with Crippen LogP contribution in [0.1, 0.15) is 310 Å². The third kappa shape index (κ3) is 62.9. The molecule has 0 heterocycles. The predicted octanol–water partition coefficient (Wildman–Crippen LogP) is 22.6. The monoisotopic (exact) mass is 1080 g/mol. The van der Waals surface area contributed by atoms with Gasteiger partial charge in [-0.2, -0.15) is 0 Å². The second-order valence-electron chi connectivity index (χ2n) is 21.6. The zero-order valence-electron chi connectivity index (χ0n) is 51.2. The Labute approximate surface area is 482 Å². The van der Waals surface area contributed by atoms with E-state index < -0.39 is 6.10 Å². The molecule has 0 rings (SSSR count). The van der Waals surface area contributed by atoms with Crippen molar-refractivity contribution in [2.75, 3.05) is 13.2 Å². The molecule has 446 valence electrons. The first-order valence-corrected chi connectivity index (χ1v) is 32.9. The number of unbranched alkanes of at least 4 members (excludes halogenated alkanes) is 30. The zero-order chi connectivity index (χ0) is 56.4. The van der Waals surface area contributed by atoms with Crippen molar-refractivity contribution in [1.82, 2.24) is 0 Å². The summed E-state index contributed by atoms with van der Waals surface area (Å²) in [6.07, 6.45) is 89.6. The predicted molar refractivity (Wildman–Crippen MR) is 339 cm³/mol. The maximum absolute atomic E-state index is 12.9. The molecule has 0 saturated carbocycles. The van der Waals surface area contributed by atoms with E-state index in [1.807, 2.05) is 0 Å². The van der Waals surface area contributed by atoms with Gasteiger partial charge in [0.15, 0.2) is 6.10 Å². The van der Waals surface area contributed by atoms with Crippen molar-refractivity contribution in [3.8, 4) is 0 Å². The highest BCUT2D eigenvalue weighted by molar-refractivity contribution is 5.71. The van der Waals surface area contributed by atoms with Crippen molar-refractivity contribution in [3.05, 3.63) is 109 Å². The Bertz CT molecular complexity index is 1570. The van der Waals surface area contributed by atoms with Gasteiger partial charge in [0.1, 0.15) is 13.2 Å². The molecule has 0 aromatic heterocycles. The van der Waals surface area contributed by atoms with Crippen molar-refractivity contribution in [3.63, 3.8) is 0 Å². The van der Waals surface area contributed by atoms with Crippen LogP contribution in [0, 0.1) is 0 Å². The molecule has 0 saturated heterocycles. The third-order valence-corrected chi connectivity index (χ3v) is 14.0. The van der Waals surface area contributed by atoms with Gasteiger partial charge >= 0.3 is 17.9 Å². The van der Waals surface area contributed by atoms with Crippen LogP contribution in [-0.2, 0) is 28.6 Å². The fourth-order valence-corrected chi connectivity index (χ4v) is 9.05. The van der Waals surface area contributed by atoms with E-state index >= 15 is 0 Å². The molecule has 0 bridgehead atoms. The van der Waals surface area contributed by atoms with Crippen molar-refractivity contribution >= 4 is 17.9 Å². The molecular formula is C72H122O6. The lowest BCUT2D eigenvalue weighted by Crippen LogP contribution is -2.30. The fourth-order valence-electron chi connectivity index (χ4n) is 9.05. The summed E-state index contributed by atoms with van der Waals surface area (Å²) in [4.78, 5) is 38.3. The van der Waals surface area contributed by atoms with Gasteiger partial charge in [-0.15, -0.1) is 0 Å². The number of allylic oxidation sites excluding steroid dienone is 18. The van der Waals surface area contributed by atoms with Crippen molar-refractivity contribution in [2.24, 2.45) is 0 Å². The third-order valence-electron chi connectivity index (χ3n) is 14.0. The van der Waals surface area contributed by atoms with Crippen LogP contribution >= 0.6 is 0 Å². The summed E-state index contributed by atoms with van der Waals surface area (Å²) >= 11 is 0. The normalized spacial score (nSPS) is 12.8. The molecule has 6 heteroatoms. The second kappa shape index (κ2) is 65.6. The lowest BCUT2D eigenvalue weighted by atomic mass is 10.0. The molecule has 6 nitrogen and oxygen atoms in total. The highest BCUT2D eigenvalue weighted by atomic mass is 16.6. The van der Waals surface area contributed by atoms with Crippen molar-refractivity contribution < 1.29 is 28.6 Å². The molecule has 0 amide bonds. The summed E-state index contributed by atoms with van der Waals surface area (Å²) in [6.45, 7) is 6.46. The van der Waals surface area contributed by atoms with Crippen LogP contribution in [0.5, 0.6) is 0 Å². The number of carbonyl (C=O) groups excluding carboxylic acids is 3. The van der Waals surface area contributed by atoms with E-state index in [4.69, 9.17) is 14.2 Å². The molecule has 0 fully saturated rings. The van der Waals surface area contributed by atoms with Crippen LogP contribution in [-0.4, -0.2) is 37.2 Å². The summed E-state index contributed by atoms with van der Waals surface area (Å²) in [5.41, 5.74) is 0. The smallest absolute Gasteiger partial charge is 0.306 e. The van der Waals surface area contributed by atoms with E-state index in [9.17, 15) is 14.4 Å². The van der Waals surface area contributed by atoms with Crippen molar-refractivity contribution in [2.45, 2.75) is 316 Å². The maximum atomic E-state index is 12.9. The molecule has 0 aromatic rings. The number of hydrogen-bond donors (Lipinski definition) is 0.